The molecule has 5 heteroatoms. The highest BCUT2D eigenvalue weighted by Crippen LogP contribution is 2.30. The van der Waals surface area contributed by atoms with Gasteiger partial charge in [0.15, 0.2) is 11.6 Å². The number of hydrogen-bond acceptors (Lipinski definition) is 3. The van der Waals surface area contributed by atoms with Crippen molar-refractivity contribution < 1.29 is 14.6 Å². The Hall–Kier alpha value is -0.650. The number of halogens is 2. The van der Waals surface area contributed by atoms with E-state index in [0.29, 0.717) is 4.47 Å². The van der Waals surface area contributed by atoms with Gasteiger partial charge in [0.2, 0.25) is 0 Å². The second kappa shape index (κ2) is 4.25. The van der Waals surface area contributed by atoms with Crippen molar-refractivity contribution in [1.82, 2.24) is 0 Å². The minimum atomic E-state index is -0.852. The number of aliphatic hydroxyl groups excluding tert-OH is 1. The lowest BCUT2D eigenvalue weighted by Gasteiger charge is -2.16. The van der Waals surface area contributed by atoms with E-state index in [4.69, 9.17) is 5.73 Å². The average Bonchev–Trinajstić information content (AvgIpc) is 2.09. The normalized spacial score (nSPS) is 15.2. The van der Waals surface area contributed by atoms with Crippen LogP contribution in [0.4, 0.5) is 4.39 Å². The van der Waals surface area contributed by atoms with Gasteiger partial charge in [0.25, 0.3) is 0 Å². The Morgan fingerprint density at radius 1 is 1.50 bits per heavy atom. The van der Waals surface area contributed by atoms with Gasteiger partial charge in [0.05, 0.1) is 12.1 Å². The van der Waals surface area contributed by atoms with Crippen LogP contribution in [-0.2, 0) is 0 Å². The molecule has 1 rings (SSSR count). The summed E-state index contributed by atoms with van der Waals surface area (Å²) in [5.74, 6) is -1.27. The minimum absolute atomic E-state index is 0.187. The summed E-state index contributed by atoms with van der Waals surface area (Å²) in [7, 11) is 0. The summed E-state index contributed by atoms with van der Waals surface area (Å²) in [6.07, 6.45) is -0.852. The molecular weight excluding hydrogens is 253 g/mol. The molecule has 0 saturated heterocycles. The quantitative estimate of drug-likeness (QED) is 0.761. The largest absolute Gasteiger partial charge is 0.505 e. The number of phenolic OH excluding ortho intramolecular Hbond substituents is 1. The molecule has 4 N–H and O–H groups in total. The summed E-state index contributed by atoms with van der Waals surface area (Å²) in [5, 5.41) is 18.6. The van der Waals surface area contributed by atoms with Gasteiger partial charge in [-0.3, -0.25) is 0 Å². The predicted octanol–water partition coefficient (Wildman–Crippen LogP) is 1.67. The monoisotopic (exact) mass is 263 g/mol. The van der Waals surface area contributed by atoms with Crippen LogP contribution in [0.25, 0.3) is 0 Å². The van der Waals surface area contributed by atoms with E-state index in [9.17, 15) is 14.6 Å². The summed E-state index contributed by atoms with van der Waals surface area (Å²) in [6, 6.07) is 1.81. The minimum Gasteiger partial charge on any atom is -0.505 e. The van der Waals surface area contributed by atoms with Crippen LogP contribution < -0.4 is 5.73 Å². The molecule has 2 atom stereocenters. The van der Waals surface area contributed by atoms with E-state index in [-0.39, 0.29) is 5.56 Å². The van der Waals surface area contributed by atoms with Gasteiger partial charge in [-0.1, -0.05) is 15.9 Å². The lowest BCUT2D eigenvalue weighted by atomic mass is 10.0. The van der Waals surface area contributed by atoms with Crippen molar-refractivity contribution in [3.8, 4) is 5.75 Å². The first kappa shape index (κ1) is 11.4. The van der Waals surface area contributed by atoms with Crippen LogP contribution in [-0.4, -0.2) is 16.3 Å². The van der Waals surface area contributed by atoms with E-state index in [1.807, 2.05) is 0 Å². The van der Waals surface area contributed by atoms with E-state index in [2.05, 4.69) is 15.9 Å². The van der Waals surface area contributed by atoms with Gasteiger partial charge in [-0.25, -0.2) is 4.39 Å². The Morgan fingerprint density at radius 2 is 2.07 bits per heavy atom. The molecule has 3 nitrogen and oxygen atoms in total. The van der Waals surface area contributed by atoms with Crippen molar-refractivity contribution in [3.05, 3.63) is 28.0 Å². The third kappa shape index (κ3) is 2.23. The van der Waals surface area contributed by atoms with Gasteiger partial charge >= 0.3 is 0 Å². The van der Waals surface area contributed by atoms with Crippen molar-refractivity contribution in [2.45, 2.75) is 19.1 Å². The Bertz CT molecular complexity index is 344. The molecule has 0 radical (unpaired) electrons. The summed E-state index contributed by atoms with van der Waals surface area (Å²) < 4.78 is 13.5. The van der Waals surface area contributed by atoms with Gasteiger partial charge in [0, 0.05) is 10.0 Å². The highest BCUT2D eigenvalue weighted by molar-refractivity contribution is 9.10. The van der Waals surface area contributed by atoms with Gasteiger partial charge in [0.1, 0.15) is 0 Å². The number of aliphatic hydroxyl groups is 1. The zero-order valence-corrected chi connectivity index (χ0v) is 9.12. The maximum Gasteiger partial charge on any atom is 0.166 e. The number of hydrogen-bond donors (Lipinski definition) is 3. The molecule has 0 bridgehead atoms. The molecule has 0 aliphatic carbocycles. The zero-order valence-electron chi connectivity index (χ0n) is 7.54. The number of phenols is 1. The molecule has 0 saturated carbocycles. The predicted molar refractivity (Wildman–Crippen MR) is 54.4 cm³/mol. The van der Waals surface area contributed by atoms with E-state index in [0.717, 1.165) is 6.07 Å². The first-order valence-electron chi connectivity index (χ1n) is 4.05. The summed E-state index contributed by atoms with van der Waals surface area (Å²) in [5.41, 5.74) is 5.77. The molecule has 78 valence electrons. The summed E-state index contributed by atoms with van der Waals surface area (Å²) in [4.78, 5) is 0. The van der Waals surface area contributed by atoms with Crippen LogP contribution in [0.2, 0.25) is 0 Å². The Kier molecular flexibility index (Phi) is 3.47. The van der Waals surface area contributed by atoms with Gasteiger partial charge < -0.3 is 15.9 Å². The van der Waals surface area contributed by atoms with Crippen LogP contribution >= 0.6 is 15.9 Å². The highest BCUT2D eigenvalue weighted by Gasteiger charge is 2.19. The fraction of sp³-hybridized carbons (Fsp3) is 0.333. The van der Waals surface area contributed by atoms with E-state index >= 15 is 0 Å². The molecule has 0 aromatic heterocycles. The number of rotatable bonds is 2. The Balaban J connectivity index is 3.20. The van der Waals surface area contributed by atoms with Crippen LogP contribution in [0.3, 0.4) is 0 Å². The molecular formula is C9H11BrFNO2. The molecule has 1 aromatic rings. The summed E-state index contributed by atoms with van der Waals surface area (Å²) >= 11 is 3.08. The fourth-order valence-electron chi connectivity index (χ4n) is 1.10. The smallest absolute Gasteiger partial charge is 0.166 e. The third-order valence-electron chi connectivity index (χ3n) is 1.94. The number of aromatic hydroxyl groups is 1. The second-order valence-electron chi connectivity index (χ2n) is 3.09. The number of benzene rings is 1. The summed E-state index contributed by atoms with van der Waals surface area (Å²) in [6.45, 7) is 1.48. The lowest BCUT2D eigenvalue weighted by Crippen LogP contribution is -2.23. The van der Waals surface area contributed by atoms with E-state index in [1.165, 1.54) is 13.0 Å². The number of nitrogens with two attached hydrogens (primary N) is 1. The Morgan fingerprint density at radius 3 is 2.57 bits per heavy atom. The Labute approximate surface area is 89.5 Å². The fourth-order valence-corrected chi connectivity index (χ4v) is 1.55. The highest BCUT2D eigenvalue weighted by atomic mass is 79.9. The first-order valence-corrected chi connectivity index (χ1v) is 4.84. The molecule has 14 heavy (non-hydrogen) atoms. The molecule has 0 aliphatic rings. The standard InChI is InChI=1S/C9H11BrFNO2/c1-4(13)8(12)6-2-5(10)3-7(11)9(6)14/h2-4,8,13-14H,12H2,1H3/t4-,8-/m1/s1. The topological polar surface area (TPSA) is 66.5 Å². The van der Waals surface area contributed by atoms with Crippen molar-refractivity contribution in [1.29, 1.82) is 0 Å². The van der Waals surface area contributed by atoms with Gasteiger partial charge in [-0.05, 0) is 19.1 Å². The molecule has 1 aromatic carbocycles. The van der Waals surface area contributed by atoms with Crippen LogP contribution in [0, 0.1) is 5.82 Å². The zero-order chi connectivity index (χ0) is 10.9. The van der Waals surface area contributed by atoms with Crippen LogP contribution in [0.1, 0.15) is 18.5 Å². The van der Waals surface area contributed by atoms with Crippen molar-refractivity contribution in [2.75, 3.05) is 0 Å². The second-order valence-corrected chi connectivity index (χ2v) is 4.01. The van der Waals surface area contributed by atoms with E-state index in [1.54, 1.807) is 0 Å². The molecule has 0 aliphatic heterocycles. The maximum absolute atomic E-state index is 13.0. The first-order chi connectivity index (χ1) is 6.43. The van der Waals surface area contributed by atoms with Crippen molar-refractivity contribution in [2.24, 2.45) is 5.73 Å². The van der Waals surface area contributed by atoms with E-state index < -0.39 is 23.7 Å². The van der Waals surface area contributed by atoms with Gasteiger partial charge in [-0.15, -0.1) is 0 Å². The lowest BCUT2D eigenvalue weighted by molar-refractivity contribution is 0.162. The average molecular weight is 264 g/mol. The van der Waals surface area contributed by atoms with Crippen LogP contribution in [0.15, 0.2) is 16.6 Å². The SMILES string of the molecule is C[C@@H](O)[C@@H](N)c1cc(Br)cc(F)c1O. The van der Waals surface area contributed by atoms with Crippen molar-refractivity contribution in [3.63, 3.8) is 0 Å². The molecule has 0 heterocycles. The molecule has 0 amide bonds. The molecule has 0 unspecified atom stereocenters. The van der Waals surface area contributed by atoms with Crippen molar-refractivity contribution >= 4 is 15.9 Å². The molecule has 0 spiro atoms. The molecule has 0 fully saturated rings. The maximum atomic E-state index is 13.0. The third-order valence-corrected chi connectivity index (χ3v) is 2.39. The van der Waals surface area contributed by atoms with Crippen LogP contribution in [0.5, 0.6) is 5.75 Å². The van der Waals surface area contributed by atoms with Gasteiger partial charge in [-0.2, -0.15) is 0 Å².